The van der Waals surface area contributed by atoms with Gasteiger partial charge in [-0.1, -0.05) is 6.07 Å². The van der Waals surface area contributed by atoms with Crippen LogP contribution in [0.1, 0.15) is 24.5 Å². The summed E-state index contributed by atoms with van der Waals surface area (Å²) in [5, 5.41) is 8.06. The SMILES string of the molecule is Cn1cc(-c2ccccn2)c(C2CCNCC2)n1. The molecule has 0 bridgehead atoms. The molecule has 94 valence electrons. The van der Waals surface area contributed by atoms with Crippen LogP contribution < -0.4 is 5.32 Å². The summed E-state index contributed by atoms with van der Waals surface area (Å²) < 4.78 is 1.90. The molecule has 1 N–H and O–H groups in total. The first-order chi connectivity index (χ1) is 8.84. The van der Waals surface area contributed by atoms with Gasteiger partial charge in [0, 0.05) is 30.9 Å². The van der Waals surface area contributed by atoms with Crippen molar-refractivity contribution >= 4 is 0 Å². The molecular weight excluding hydrogens is 224 g/mol. The fourth-order valence-electron chi connectivity index (χ4n) is 2.62. The van der Waals surface area contributed by atoms with Crippen molar-refractivity contribution in [3.63, 3.8) is 0 Å². The molecule has 1 fully saturated rings. The smallest absolute Gasteiger partial charge is 0.0750 e. The Labute approximate surface area is 107 Å². The molecule has 1 aliphatic heterocycles. The van der Waals surface area contributed by atoms with Crippen molar-refractivity contribution in [2.75, 3.05) is 13.1 Å². The summed E-state index contributed by atoms with van der Waals surface area (Å²) >= 11 is 0. The number of nitrogens with one attached hydrogen (secondary N) is 1. The summed E-state index contributed by atoms with van der Waals surface area (Å²) in [5.41, 5.74) is 3.42. The predicted molar refractivity (Wildman–Crippen MR) is 71.3 cm³/mol. The van der Waals surface area contributed by atoms with Gasteiger partial charge in [-0.05, 0) is 38.1 Å². The van der Waals surface area contributed by atoms with Gasteiger partial charge in [0.25, 0.3) is 0 Å². The van der Waals surface area contributed by atoms with E-state index in [4.69, 9.17) is 0 Å². The number of hydrogen-bond donors (Lipinski definition) is 1. The summed E-state index contributed by atoms with van der Waals surface area (Å²) in [6.45, 7) is 2.17. The first-order valence-corrected chi connectivity index (χ1v) is 6.50. The molecule has 0 saturated carbocycles. The van der Waals surface area contributed by atoms with Gasteiger partial charge in [-0.25, -0.2) is 0 Å². The van der Waals surface area contributed by atoms with E-state index in [1.54, 1.807) is 0 Å². The lowest BCUT2D eigenvalue weighted by Crippen LogP contribution is -2.27. The Bertz CT molecular complexity index is 512. The number of rotatable bonds is 2. The average Bonchev–Trinajstić information content (AvgIpc) is 2.83. The molecule has 0 aromatic carbocycles. The van der Waals surface area contributed by atoms with E-state index >= 15 is 0 Å². The zero-order chi connectivity index (χ0) is 12.4. The monoisotopic (exact) mass is 242 g/mol. The highest BCUT2D eigenvalue weighted by atomic mass is 15.3. The molecular formula is C14H18N4. The maximum Gasteiger partial charge on any atom is 0.0750 e. The Morgan fingerprint density at radius 1 is 1.28 bits per heavy atom. The second-order valence-corrected chi connectivity index (χ2v) is 4.84. The highest BCUT2D eigenvalue weighted by molar-refractivity contribution is 5.61. The molecule has 1 saturated heterocycles. The molecule has 1 aliphatic rings. The minimum Gasteiger partial charge on any atom is -0.317 e. The highest BCUT2D eigenvalue weighted by Gasteiger charge is 2.22. The minimum absolute atomic E-state index is 0.560. The standard InChI is InChI=1S/C14H18N4/c1-18-10-12(13-4-2-3-7-16-13)14(17-18)11-5-8-15-9-6-11/h2-4,7,10-11,15H,5-6,8-9H2,1H3. The second kappa shape index (κ2) is 4.90. The Morgan fingerprint density at radius 3 is 2.83 bits per heavy atom. The number of piperidine rings is 1. The highest BCUT2D eigenvalue weighted by Crippen LogP contribution is 2.31. The van der Waals surface area contributed by atoms with Gasteiger partial charge < -0.3 is 5.32 Å². The molecule has 0 aliphatic carbocycles. The zero-order valence-corrected chi connectivity index (χ0v) is 10.6. The van der Waals surface area contributed by atoms with E-state index in [-0.39, 0.29) is 0 Å². The average molecular weight is 242 g/mol. The summed E-state index contributed by atoms with van der Waals surface area (Å²) in [5.74, 6) is 0.560. The number of aromatic nitrogens is 3. The van der Waals surface area contributed by atoms with Crippen molar-refractivity contribution < 1.29 is 0 Å². The molecule has 0 radical (unpaired) electrons. The summed E-state index contributed by atoms with van der Waals surface area (Å²) in [6.07, 6.45) is 6.25. The van der Waals surface area contributed by atoms with Crippen molar-refractivity contribution in [1.82, 2.24) is 20.1 Å². The molecule has 0 atom stereocenters. The third-order valence-electron chi connectivity index (χ3n) is 3.52. The van der Waals surface area contributed by atoms with Gasteiger partial charge in [-0.15, -0.1) is 0 Å². The van der Waals surface area contributed by atoms with Gasteiger partial charge in [0.1, 0.15) is 0 Å². The number of hydrogen-bond acceptors (Lipinski definition) is 3. The first kappa shape index (κ1) is 11.4. The van der Waals surface area contributed by atoms with Gasteiger partial charge in [0.15, 0.2) is 0 Å². The van der Waals surface area contributed by atoms with Crippen molar-refractivity contribution in [3.05, 3.63) is 36.3 Å². The lowest BCUT2D eigenvalue weighted by atomic mass is 9.91. The van der Waals surface area contributed by atoms with Crippen LogP contribution in [0.2, 0.25) is 0 Å². The Hall–Kier alpha value is -1.68. The van der Waals surface area contributed by atoms with Crippen molar-refractivity contribution in [2.45, 2.75) is 18.8 Å². The van der Waals surface area contributed by atoms with E-state index in [0.29, 0.717) is 5.92 Å². The van der Waals surface area contributed by atoms with E-state index in [1.807, 2.05) is 30.1 Å². The Balaban J connectivity index is 1.99. The molecule has 3 heterocycles. The Kier molecular flexibility index (Phi) is 3.11. The third kappa shape index (κ3) is 2.16. The fraction of sp³-hybridized carbons (Fsp3) is 0.429. The van der Waals surface area contributed by atoms with Crippen LogP contribution in [0.15, 0.2) is 30.6 Å². The molecule has 3 rings (SSSR count). The van der Waals surface area contributed by atoms with Crippen LogP contribution in [-0.2, 0) is 7.05 Å². The van der Waals surface area contributed by atoms with Gasteiger partial charge in [-0.2, -0.15) is 5.10 Å². The first-order valence-electron chi connectivity index (χ1n) is 6.50. The number of nitrogens with zero attached hydrogens (tertiary/aromatic N) is 3. The molecule has 2 aromatic rings. The second-order valence-electron chi connectivity index (χ2n) is 4.84. The van der Waals surface area contributed by atoms with Crippen LogP contribution in [0.25, 0.3) is 11.3 Å². The molecule has 4 heteroatoms. The van der Waals surface area contributed by atoms with E-state index in [0.717, 1.165) is 31.6 Å². The molecule has 4 nitrogen and oxygen atoms in total. The van der Waals surface area contributed by atoms with E-state index in [1.165, 1.54) is 11.3 Å². The Morgan fingerprint density at radius 2 is 2.11 bits per heavy atom. The van der Waals surface area contributed by atoms with E-state index < -0.39 is 0 Å². The predicted octanol–water partition coefficient (Wildman–Crippen LogP) is 1.95. The number of aryl methyl sites for hydroxylation is 1. The number of pyridine rings is 1. The fourth-order valence-corrected chi connectivity index (χ4v) is 2.62. The lowest BCUT2D eigenvalue weighted by molar-refractivity contribution is 0.450. The van der Waals surface area contributed by atoms with Gasteiger partial charge in [-0.3, -0.25) is 9.67 Å². The normalized spacial score (nSPS) is 16.9. The zero-order valence-electron chi connectivity index (χ0n) is 10.6. The molecule has 18 heavy (non-hydrogen) atoms. The van der Waals surface area contributed by atoms with Crippen LogP contribution in [0.3, 0.4) is 0 Å². The van der Waals surface area contributed by atoms with Crippen molar-refractivity contribution in [2.24, 2.45) is 7.05 Å². The molecule has 0 unspecified atom stereocenters. The van der Waals surface area contributed by atoms with Gasteiger partial charge >= 0.3 is 0 Å². The lowest BCUT2D eigenvalue weighted by Gasteiger charge is -2.21. The van der Waals surface area contributed by atoms with Crippen LogP contribution in [0.5, 0.6) is 0 Å². The van der Waals surface area contributed by atoms with Crippen LogP contribution in [0, 0.1) is 0 Å². The van der Waals surface area contributed by atoms with E-state index in [9.17, 15) is 0 Å². The van der Waals surface area contributed by atoms with Gasteiger partial charge in [0.2, 0.25) is 0 Å². The van der Waals surface area contributed by atoms with E-state index in [2.05, 4.69) is 27.7 Å². The van der Waals surface area contributed by atoms with Gasteiger partial charge in [0.05, 0.1) is 11.4 Å². The molecule has 0 amide bonds. The van der Waals surface area contributed by atoms with Crippen LogP contribution in [0.4, 0.5) is 0 Å². The largest absolute Gasteiger partial charge is 0.317 e. The minimum atomic E-state index is 0.560. The molecule has 2 aromatic heterocycles. The maximum atomic E-state index is 4.66. The summed E-state index contributed by atoms with van der Waals surface area (Å²) in [6, 6.07) is 6.03. The van der Waals surface area contributed by atoms with Crippen molar-refractivity contribution in [1.29, 1.82) is 0 Å². The molecule has 0 spiro atoms. The summed E-state index contributed by atoms with van der Waals surface area (Å²) in [4.78, 5) is 4.45. The quantitative estimate of drug-likeness (QED) is 0.875. The van der Waals surface area contributed by atoms with Crippen LogP contribution >= 0.6 is 0 Å². The van der Waals surface area contributed by atoms with Crippen molar-refractivity contribution in [3.8, 4) is 11.3 Å². The summed E-state index contributed by atoms with van der Waals surface area (Å²) in [7, 11) is 1.98. The maximum absolute atomic E-state index is 4.66. The topological polar surface area (TPSA) is 42.7 Å². The third-order valence-corrected chi connectivity index (χ3v) is 3.52. The van der Waals surface area contributed by atoms with Crippen LogP contribution in [-0.4, -0.2) is 27.9 Å².